The average molecular weight is 337 g/mol. The van der Waals surface area contributed by atoms with E-state index in [1.165, 1.54) is 5.56 Å². The van der Waals surface area contributed by atoms with Crippen LogP contribution in [-0.4, -0.2) is 24.4 Å². The predicted molar refractivity (Wildman–Crippen MR) is 92.5 cm³/mol. The van der Waals surface area contributed by atoms with Gasteiger partial charge in [-0.1, -0.05) is 59.6 Å². The summed E-state index contributed by atoms with van der Waals surface area (Å²) in [5.74, 6) is -0.102. The zero-order valence-corrected chi connectivity index (χ0v) is 13.9. The van der Waals surface area contributed by atoms with Gasteiger partial charge in [0, 0.05) is 19.5 Å². The minimum Gasteiger partial charge on any atom is -0.324 e. The van der Waals surface area contributed by atoms with Crippen LogP contribution >= 0.6 is 23.2 Å². The molecule has 0 fully saturated rings. The van der Waals surface area contributed by atoms with Gasteiger partial charge in [0.1, 0.15) is 0 Å². The number of hydrogen-bond acceptors (Lipinski definition) is 2. The lowest BCUT2D eigenvalue weighted by atomic mass is 10.2. The molecular formula is C17H18Cl2N2O. The summed E-state index contributed by atoms with van der Waals surface area (Å²) < 4.78 is 0. The van der Waals surface area contributed by atoms with Crippen LogP contribution in [0.15, 0.2) is 48.5 Å². The second-order valence-electron chi connectivity index (χ2n) is 5.12. The number of carbonyl (C=O) groups excluding carboxylic acids is 1. The van der Waals surface area contributed by atoms with Gasteiger partial charge in [0.25, 0.3) is 0 Å². The van der Waals surface area contributed by atoms with Crippen LogP contribution in [0.4, 0.5) is 5.69 Å². The van der Waals surface area contributed by atoms with Crippen LogP contribution in [0.5, 0.6) is 0 Å². The molecule has 2 aromatic carbocycles. The highest BCUT2D eigenvalue weighted by Gasteiger charge is 2.10. The molecule has 1 N–H and O–H groups in total. The number of carbonyl (C=O) groups is 1. The smallest absolute Gasteiger partial charge is 0.225 e. The summed E-state index contributed by atoms with van der Waals surface area (Å²) >= 11 is 12.1. The van der Waals surface area contributed by atoms with Gasteiger partial charge in [0.15, 0.2) is 0 Å². The molecular weight excluding hydrogens is 319 g/mol. The number of para-hydroxylation sites is 1. The molecule has 1 amide bonds. The van der Waals surface area contributed by atoms with Crippen molar-refractivity contribution in [2.75, 3.05) is 18.9 Å². The zero-order valence-electron chi connectivity index (χ0n) is 12.4. The highest BCUT2D eigenvalue weighted by Crippen LogP contribution is 2.29. The molecule has 0 unspecified atom stereocenters. The van der Waals surface area contributed by atoms with Crippen molar-refractivity contribution in [1.82, 2.24) is 4.90 Å². The van der Waals surface area contributed by atoms with Crippen LogP contribution in [0.3, 0.4) is 0 Å². The summed E-state index contributed by atoms with van der Waals surface area (Å²) in [7, 11) is 1.99. The van der Waals surface area contributed by atoms with Gasteiger partial charge in [-0.2, -0.15) is 0 Å². The molecule has 0 bridgehead atoms. The molecule has 5 heteroatoms. The monoisotopic (exact) mass is 336 g/mol. The van der Waals surface area contributed by atoms with Gasteiger partial charge in [0.05, 0.1) is 15.7 Å². The van der Waals surface area contributed by atoms with Crippen LogP contribution < -0.4 is 5.32 Å². The minimum atomic E-state index is -0.102. The van der Waals surface area contributed by atoms with E-state index in [9.17, 15) is 4.79 Å². The van der Waals surface area contributed by atoms with Crippen molar-refractivity contribution in [2.45, 2.75) is 13.0 Å². The predicted octanol–water partition coefficient (Wildman–Crippen LogP) is 4.45. The number of anilines is 1. The number of hydrogen-bond donors (Lipinski definition) is 1. The number of nitrogens with zero attached hydrogens (tertiary/aromatic N) is 1. The van der Waals surface area contributed by atoms with E-state index in [0.717, 1.165) is 6.54 Å². The quantitative estimate of drug-likeness (QED) is 0.844. The second-order valence-corrected chi connectivity index (χ2v) is 5.93. The number of benzene rings is 2. The Morgan fingerprint density at radius 3 is 2.32 bits per heavy atom. The van der Waals surface area contributed by atoms with E-state index in [0.29, 0.717) is 28.7 Å². The lowest BCUT2D eigenvalue weighted by Crippen LogP contribution is -2.24. The Labute approximate surface area is 140 Å². The van der Waals surface area contributed by atoms with E-state index in [1.54, 1.807) is 18.2 Å². The maximum Gasteiger partial charge on any atom is 0.225 e. The third-order valence-corrected chi connectivity index (χ3v) is 3.87. The molecule has 0 aromatic heterocycles. The maximum atomic E-state index is 12.0. The van der Waals surface area contributed by atoms with Crippen LogP contribution in [0.25, 0.3) is 0 Å². The topological polar surface area (TPSA) is 32.3 Å². The Kier molecular flexibility index (Phi) is 6.25. The lowest BCUT2D eigenvalue weighted by molar-refractivity contribution is -0.116. The van der Waals surface area contributed by atoms with E-state index in [-0.39, 0.29) is 5.91 Å². The fourth-order valence-corrected chi connectivity index (χ4v) is 2.58. The maximum absolute atomic E-state index is 12.0. The molecule has 0 aliphatic rings. The molecule has 0 saturated carbocycles. The molecule has 116 valence electrons. The summed E-state index contributed by atoms with van der Waals surface area (Å²) in [5, 5.41) is 3.65. The number of halogens is 2. The SMILES string of the molecule is CN(CCC(=O)Nc1c(Cl)cccc1Cl)Cc1ccccc1. The molecule has 0 aliphatic carbocycles. The van der Waals surface area contributed by atoms with Crippen molar-refractivity contribution in [2.24, 2.45) is 0 Å². The van der Waals surface area contributed by atoms with Crippen molar-refractivity contribution in [3.63, 3.8) is 0 Å². The second kappa shape index (κ2) is 8.18. The molecule has 0 saturated heterocycles. The summed E-state index contributed by atoms with van der Waals surface area (Å²) in [6.07, 6.45) is 0.380. The van der Waals surface area contributed by atoms with E-state index in [4.69, 9.17) is 23.2 Å². The molecule has 22 heavy (non-hydrogen) atoms. The van der Waals surface area contributed by atoms with Gasteiger partial charge >= 0.3 is 0 Å². The van der Waals surface area contributed by atoms with Crippen LogP contribution in [0.2, 0.25) is 10.0 Å². The van der Waals surface area contributed by atoms with Gasteiger partial charge < -0.3 is 10.2 Å². The van der Waals surface area contributed by atoms with Crippen LogP contribution in [0, 0.1) is 0 Å². The molecule has 0 spiro atoms. The largest absolute Gasteiger partial charge is 0.324 e. The first-order valence-corrected chi connectivity index (χ1v) is 7.78. The minimum absolute atomic E-state index is 0.102. The summed E-state index contributed by atoms with van der Waals surface area (Å²) in [5.41, 5.74) is 1.70. The number of nitrogens with one attached hydrogen (secondary N) is 1. The van der Waals surface area contributed by atoms with Gasteiger partial charge in [-0.15, -0.1) is 0 Å². The third kappa shape index (κ3) is 5.02. The molecule has 0 atom stereocenters. The molecule has 0 heterocycles. The highest BCUT2D eigenvalue weighted by atomic mass is 35.5. The fourth-order valence-electron chi connectivity index (χ4n) is 2.09. The Morgan fingerprint density at radius 1 is 1.05 bits per heavy atom. The zero-order chi connectivity index (χ0) is 15.9. The van der Waals surface area contributed by atoms with Crippen molar-refractivity contribution in [1.29, 1.82) is 0 Å². The first kappa shape index (κ1) is 16.8. The molecule has 3 nitrogen and oxygen atoms in total. The van der Waals surface area contributed by atoms with Gasteiger partial charge in [-0.3, -0.25) is 4.79 Å². The molecule has 2 rings (SSSR count). The van der Waals surface area contributed by atoms with Crippen molar-refractivity contribution < 1.29 is 4.79 Å². The summed E-state index contributed by atoms with van der Waals surface area (Å²) in [6.45, 7) is 1.46. The summed E-state index contributed by atoms with van der Waals surface area (Å²) in [6, 6.07) is 15.3. The Balaban J connectivity index is 1.83. The normalized spacial score (nSPS) is 10.7. The van der Waals surface area contributed by atoms with Crippen LogP contribution in [0.1, 0.15) is 12.0 Å². The average Bonchev–Trinajstić information content (AvgIpc) is 2.50. The third-order valence-electron chi connectivity index (χ3n) is 3.24. The van der Waals surface area contributed by atoms with E-state index >= 15 is 0 Å². The Bertz CT molecular complexity index is 612. The molecule has 0 aliphatic heterocycles. The molecule has 0 radical (unpaired) electrons. The van der Waals surface area contributed by atoms with Crippen LogP contribution in [-0.2, 0) is 11.3 Å². The van der Waals surface area contributed by atoms with Gasteiger partial charge in [-0.05, 0) is 24.7 Å². The molecule has 2 aromatic rings. The van der Waals surface area contributed by atoms with E-state index in [1.807, 2.05) is 25.2 Å². The Hall–Kier alpha value is -1.55. The van der Waals surface area contributed by atoms with Gasteiger partial charge in [0.2, 0.25) is 5.91 Å². The van der Waals surface area contributed by atoms with Crippen molar-refractivity contribution in [3.8, 4) is 0 Å². The van der Waals surface area contributed by atoms with Crippen molar-refractivity contribution >= 4 is 34.8 Å². The summed E-state index contributed by atoms with van der Waals surface area (Å²) in [4.78, 5) is 14.1. The van der Waals surface area contributed by atoms with E-state index in [2.05, 4.69) is 22.3 Å². The van der Waals surface area contributed by atoms with Crippen molar-refractivity contribution in [3.05, 3.63) is 64.1 Å². The fraction of sp³-hybridized carbons (Fsp3) is 0.235. The lowest BCUT2D eigenvalue weighted by Gasteiger charge is -2.16. The number of rotatable bonds is 6. The van der Waals surface area contributed by atoms with E-state index < -0.39 is 0 Å². The van der Waals surface area contributed by atoms with Gasteiger partial charge in [-0.25, -0.2) is 0 Å². The standard InChI is InChI=1S/C17H18Cl2N2O/c1-21(12-13-6-3-2-4-7-13)11-10-16(22)20-17-14(18)8-5-9-15(17)19/h2-9H,10-12H2,1H3,(H,20,22). The first-order valence-electron chi connectivity index (χ1n) is 7.02. The number of amides is 1. The highest BCUT2D eigenvalue weighted by molar-refractivity contribution is 6.39. The Morgan fingerprint density at radius 2 is 1.68 bits per heavy atom. The first-order chi connectivity index (χ1) is 10.6.